The SMILES string of the molecule is CN1CCN(C2=Nc3cc(S(C)(=O)=O)ccc3Nc3cscc32)CC1. The fraction of sp³-hybridized carbons (Fsp3) is 0.353. The Kier molecular flexibility index (Phi) is 4.05. The van der Waals surface area contributed by atoms with Crippen molar-refractivity contribution in [3.63, 3.8) is 0 Å². The number of anilines is 2. The molecule has 3 heterocycles. The Morgan fingerprint density at radius 2 is 1.88 bits per heavy atom. The van der Waals surface area contributed by atoms with E-state index in [1.54, 1.807) is 29.5 Å². The van der Waals surface area contributed by atoms with Crippen LogP contribution in [0.5, 0.6) is 0 Å². The molecule has 1 aromatic heterocycles. The predicted molar refractivity (Wildman–Crippen MR) is 102 cm³/mol. The highest BCUT2D eigenvalue weighted by molar-refractivity contribution is 7.90. The van der Waals surface area contributed by atoms with Gasteiger partial charge < -0.3 is 15.1 Å². The van der Waals surface area contributed by atoms with Gasteiger partial charge in [-0.2, -0.15) is 0 Å². The number of sulfone groups is 1. The standard InChI is InChI=1S/C17H20N4O2S2/c1-20-5-7-21(8-6-20)17-13-10-24-11-16(13)18-14-4-3-12(25(2,22)23)9-15(14)19-17/h3-4,9-11,18H,5-8H2,1-2H3. The van der Waals surface area contributed by atoms with E-state index in [4.69, 9.17) is 4.99 Å². The fourth-order valence-electron chi connectivity index (χ4n) is 3.09. The second kappa shape index (κ2) is 6.12. The van der Waals surface area contributed by atoms with Gasteiger partial charge in [0.25, 0.3) is 0 Å². The normalized spacial score (nSPS) is 18.0. The van der Waals surface area contributed by atoms with E-state index in [2.05, 4.69) is 32.9 Å². The molecule has 4 rings (SSSR count). The lowest BCUT2D eigenvalue weighted by atomic mass is 10.2. The summed E-state index contributed by atoms with van der Waals surface area (Å²) in [6.07, 6.45) is 1.22. The molecule has 0 radical (unpaired) electrons. The van der Waals surface area contributed by atoms with Gasteiger partial charge in [-0.3, -0.25) is 0 Å². The van der Waals surface area contributed by atoms with Crippen molar-refractivity contribution in [1.82, 2.24) is 9.80 Å². The molecule has 1 aromatic carbocycles. The molecular formula is C17H20N4O2S2. The van der Waals surface area contributed by atoms with Crippen LogP contribution < -0.4 is 5.32 Å². The van der Waals surface area contributed by atoms with Gasteiger partial charge in [-0.05, 0) is 25.2 Å². The van der Waals surface area contributed by atoms with Crippen LogP contribution in [0.15, 0.2) is 38.8 Å². The van der Waals surface area contributed by atoms with Crippen molar-refractivity contribution in [3.8, 4) is 0 Å². The Hall–Kier alpha value is -1.90. The molecule has 6 nitrogen and oxygen atoms in total. The van der Waals surface area contributed by atoms with Crippen molar-refractivity contribution >= 4 is 44.1 Å². The lowest BCUT2D eigenvalue weighted by Gasteiger charge is -2.34. The van der Waals surface area contributed by atoms with Gasteiger partial charge in [-0.15, -0.1) is 11.3 Å². The number of hydrogen-bond donors (Lipinski definition) is 1. The zero-order valence-corrected chi connectivity index (χ0v) is 15.8. The second-order valence-electron chi connectivity index (χ2n) is 6.50. The van der Waals surface area contributed by atoms with Crippen LogP contribution in [0.25, 0.3) is 0 Å². The van der Waals surface area contributed by atoms with Gasteiger partial charge in [0.15, 0.2) is 9.84 Å². The third-order valence-corrected chi connectivity index (χ3v) is 6.45. The lowest BCUT2D eigenvalue weighted by molar-refractivity contribution is 0.216. The number of nitrogens with one attached hydrogen (secondary N) is 1. The van der Waals surface area contributed by atoms with Gasteiger partial charge in [0.05, 0.1) is 27.5 Å². The van der Waals surface area contributed by atoms with Gasteiger partial charge in [0, 0.05) is 43.2 Å². The van der Waals surface area contributed by atoms with Gasteiger partial charge in [-0.1, -0.05) is 0 Å². The monoisotopic (exact) mass is 376 g/mol. The molecule has 1 fully saturated rings. The van der Waals surface area contributed by atoms with E-state index in [0.29, 0.717) is 10.6 Å². The smallest absolute Gasteiger partial charge is 0.175 e. The molecule has 0 spiro atoms. The molecule has 8 heteroatoms. The molecule has 25 heavy (non-hydrogen) atoms. The summed E-state index contributed by atoms with van der Waals surface area (Å²) in [5.41, 5.74) is 3.59. The largest absolute Gasteiger partial charge is 0.353 e. The number of piperazine rings is 1. The van der Waals surface area contributed by atoms with Gasteiger partial charge in [0.1, 0.15) is 5.84 Å². The van der Waals surface area contributed by atoms with Crippen LogP contribution in [0, 0.1) is 0 Å². The van der Waals surface area contributed by atoms with Crippen LogP contribution in [0.1, 0.15) is 5.56 Å². The number of nitrogens with zero attached hydrogens (tertiary/aromatic N) is 3. The van der Waals surface area contributed by atoms with E-state index in [0.717, 1.165) is 49.0 Å². The molecule has 2 aliphatic heterocycles. The van der Waals surface area contributed by atoms with Gasteiger partial charge >= 0.3 is 0 Å². The number of amidine groups is 1. The van der Waals surface area contributed by atoms with Crippen molar-refractivity contribution in [3.05, 3.63) is 34.5 Å². The first-order valence-corrected chi connectivity index (χ1v) is 10.9. The summed E-state index contributed by atoms with van der Waals surface area (Å²) in [6.45, 7) is 3.79. The highest BCUT2D eigenvalue weighted by Crippen LogP contribution is 2.37. The number of benzene rings is 1. The average molecular weight is 377 g/mol. The third kappa shape index (κ3) is 3.17. The maximum absolute atomic E-state index is 11.9. The van der Waals surface area contributed by atoms with Crippen molar-refractivity contribution in [2.24, 2.45) is 4.99 Å². The highest BCUT2D eigenvalue weighted by Gasteiger charge is 2.25. The third-order valence-electron chi connectivity index (χ3n) is 4.60. The minimum Gasteiger partial charge on any atom is -0.353 e. The molecule has 0 bridgehead atoms. The van der Waals surface area contributed by atoms with E-state index < -0.39 is 9.84 Å². The van der Waals surface area contributed by atoms with E-state index >= 15 is 0 Å². The Balaban J connectivity index is 1.83. The zero-order valence-electron chi connectivity index (χ0n) is 14.2. The topological polar surface area (TPSA) is 65.0 Å². The predicted octanol–water partition coefficient (Wildman–Crippen LogP) is 2.53. The maximum Gasteiger partial charge on any atom is 0.175 e. The molecular weight excluding hydrogens is 356 g/mol. The molecule has 2 aliphatic rings. The fourth-order valence-corrected chi connectivity index (χ4v) is 4.49. The van der Waals surface area contributed by atoms with Crippen LogP contribution in [0.4, 0.5) is 17.1 Å². The number of rotatable bonds is 1. The van der Waals surface area contributed by atoms with E-state index in [9.17, 15) is 8.42 Å². The first-order valence-electron chi connectivity index (χ1n) is 8.12. The maximum atomic E-state index is 11.9. The van der Waals surface area contributed by atoms with Crippen molar-refractivity contribution in [1.29, 1.82) is 0 Å². The van der Waals surface area contributed by atoms with Crippen molar-refractivity contribution < 1.29 is 8.42 Å². The average Bonchev–Trinajstić information content (AvgIpc) is 2.96. The van der Waals surface area contributed by atoms with E-state index in [1.807, 2.05) is 0 Å². The highest BCUT2D eigenvalue weighted by atomic mass is 32.2. The van der Waals surface area contributed by atoms with E-state index in [1.165, 1.54) is 6.26 Å². The Bertz CT molecular complexity index is 941. The number of likely N-dealkylation sites (N-methyl/N-ethyl adjacent to an activating group) is 1. The summed E-state index contributed by atoms with van der Waals surface area (Å²) in [7, 11) is -1.14. The molecule has 2 aromatic rings. The van der Waals surface area contributed by atoms with Crippen LogP contribution >= 0.6 is 11.3 Å². The Morgan fingerprint density at radius 1 is 1.12 bits per heavy atom. The number of hydrogen-bond acceptors (Lipinski definition) is 7. The van der Waals surface area contributed by atoms with Gasteiger partial charge in [0.2, 0.25) is 0 Å². The molecule has 0 aliphatic carbocycles. The van der Waals surface area contributed by atoms with Gasteiger partial charge in [-0.25, -0.2) is 13.4 Å². The minimum absolute atomic E-state index is 0.291. The van der Waals surface area contributed by atoms with E-state index in [-0.39, 0.29) is 0 Å². The minimum atomic E-state index is -3.27. The molecule has 0 unspecified atom stereocenters. The van der Waals surface area contributed by atoms with Crippen molar-refractivity contribution in [2.45, 2.75) is 4.90 Å². The Morgan fingerprint density at radius 3 is 2.60 bits per heavy atom. The molecule has 0 saturated carbocycles. The Labute approximate surface area is 151 Å². The molecule has 0 amide bonds. The first-order chi connectivity index (χ1) is 11.9. The summed E-state index contributed by atoms with van der Waals surface area (Å²) >= 11 is 1.64. The van der Waals surface area contributed by atoms with Crippen LogP contribution in [0.3, 0.4) is 0 Å². The number of aliphatic imine (C=N–C) groups is 1. The summed E-state index contributed by atoms with van der Waals surface area (Å²) in [6, 6.07) is 5.08. The second-order valence-corrected chi connectivity index (χ2v) is 9.26. The quantitative estimate of drug-likeness (QED) is 0.829. The molecule has 1 N–H and O–H groups in total. The molecule has 132 valence electrons. The van der Waals surface area contributed by atoms with Crippen LogP contribution in [0.2, 0.25) is 0 Å². The molecule has 0 atom stereocenters. The summed E-state index contributed by atoms with van der Waals surface area (Å²) in [5.74, 6) is 0.918. The van der Waals surface area contributed by atoms with Crippen LogP contribution in [-0.4, -0.2) is 63.5 Å². The summed E-state index contributed by atoms with van der Waals surface area (Å²) in [4.78, 5) is 9.76. The summed E-state index contributed by atoms with van der Waals surface area (Å²) < 4.78 is 23.8. The lowest BCUT2D eigenvalue weighted by Crippen LogP contribution is -2.47. The van der Waals surface area contributed by atoms with Crippen molar-refractivity contribution in [2.75, 3.05) is 44.8 Å². The number of fused-ring (bicyclic) bond motifs is 2. The summed E-state index contributed by atoms with van der Waals surface area (Å²) in [5, 5.41) is 7.57. The number of thiophene rings is 1. The van der Waals surface area contributed by atoms with Crippen LogP contribution in [-0.2, 0) is 9.84 Å². The zero-order chi connectivity index (χ0) is 17.6. The first kappa shape index (κ1) is 16.6. The molecule has 1 saturated heterocycles.